The molecule has 0 unspecified atom stereocenters. The van der Waals surface area contributed by atoms with Crippen molar-refractivity contribution >= 4 is 14.0 Å². The minimum Gasteiger partial charge on any atom is -0.120 e. The van der Waals surface area contributed by atoms with Crippen molar-refractivity contribution in [1.29, 1.82) is 0 Å². The maximum absolute atomic E-state index is 5.24. The van der Waals surface area contributed by atoms with Crippen LogP contribution in [0.25, 0.3) is 0 Å². The molecule has 0 nitrogen and oxygen atoms in total. The first-order chi connectivity index (χ1) is 5.34. The maximum atomic E-state index is 5.24. The van der Waals surface area contributed by atoms with Crippen molar-refractivity contribution in [1.82, 2.24) is 0 Å². The summed E-state index contributed by atoms with van der Waals surface area (Å²) in [5.41, 5.74) is 0. The molecule has 0 heterocycles. The molecular weight excluding hydrogens is 148 g/mol. The normalized spacial score (nSPS) is 9.55. The monoisotopic (exact) mass is 159 g/mol. The second-order valence-corrected chi connectivity index (χ2v) is 5.02. The summed E-state index contributed by atoms with van der Waals surface area (Å²) in [7, 11) is -0.454. The fraction of sp³-hybridized carbons (Fsp3) is 0.200. The lowest BCUT2D eigenvalue weighted by Crippen LogP contribution is -2.24. The van der Waals surface area contributed by atoms with Crippen LogP contribution in [0.1, 0.15) is 0 Å². The molecule has 0 aliphatic heterocycles. The van der Waals surface area contributed by atoms with Gasteiger partial charge in [0, 0.05) is 6.04 Å². The zero-order valence-corrected chi connectivity index (χ0v) is 7.67. The molecule has 1 radical (unpaired) electrons. The van der Waals surface area contributed by atoms with E-state index >= 15 is 0 Å². The molecule has 0 aliphatic carbocycles. The molecule has 1 heteroatoms. The van der Waals surface area contributed by atoms with Gasteiger partial charge < -0.3 is 0 Å². The van der Waals surface area contributed by atoms with Gasteiger partial charge in [-0.15, -0.1) is 12.3 Å². The predicted octanol–water partition coefficient (Wildman–Crippen LogP) is 1.65. The largest absolute Gasteiger partial charge is 0.120 e. The van der Waals surface area contributed by atoms with E-state index in [1.165, 1.54) is 5.19 Å². The quantitative estimate of drug-likeness (QED) is 0.455. The highest BCUT2D eigenvalue weighted by atomic mass is 28.3. The summed E-state index contributed by atoms with van der Waals surface area (Å²) in [6.07, 6.45) is 5.24. The van der Waals surface area contributed by atoms with Gasteiger partial charge in [-0.1, -0.05) is 42.1 Å². The first-order valence-corrected chi connectivity index (χ1v) is 5.86. The van der Waals surface area contributed by atoms with Crippen LogP contribution < -0.4 is 5.19 Å². The van der Waals surface area contributed by atoms with Crippen LogP contribution in [0, 0.1) is 12.3 Å². The van der Waals surface area contributed by atoms with Crippen LogP contribution in [0.5, 0.6) is 0 Å². The van der Waals surface area contributed by atoms with Crippen molar-refractivity contribution in [3.05, 3.63) is 30.3 Å². The minimum atomic E-state index is -0.454. The van der Waals surface area contributed by atoms with Gasteiger partial charge in [-0.05, 0) is 0 Å². The molecule has 0 aliphatic rings. The van der Waals surface area contributed by atoms with Crippen LogP contribution >= 0.6 is 0 Å². The fourth-order valence-corrected chi connectivity index (χ4v) is 2.25. The molecule has 1 rings (SSSR count). The van der Waals surface area contributed by atoms with E-state index in [1.54, 1.807) is 0 Å². The third kappa shape index (κ3) is 2.25. The maximum Gasteiger partial charge on any atom is 0.0952 e. The highest BCUT2D eigenvalue weighted by molar-refractivity contribution is 6.72. The van der Waals surface area contributed by atoms with Crippen molar-refractivity contribution in [2.45, 2.75) is 12.6 Å². The first-order valence-electron chi connectivity index (χ1n) is 3.66. The van der Waals surface area contributed by atoms with Gasteiger partial charge in [0.15, 0.2) is 0 Å². The molecule has 0 N–H and O–H groups in total. The molecule has 1 aromatic rings. The molecular formula is C10H11Si. The van der Waals surface area contributed by atoms with E-state index in [-0.39, 0.29) is 0 Å². The Kier molecular flexibility index (Phi) is 2.94. The van der Waals surface area contributed by atoms with Crippen LogP contribution in [0.15, 0.2) is 30.3 Å². The summed E-state index contributed by atoms with van der Waals surface area (Å²) in [4.78, 5) is 0. The van der Waals surface area contributed by atoms with Crippen LogP contribution in [-0.4, -0.2) is 8.80 Å². The van der Waals surface area contributed by atoms with E-state index in [4.69, 9.17) is 6.42 Å². The summed E-state index contributed by atoms with van der Waals surface area (Å²) in [6, 6.07) is 11.4. The Morgan fingerprint density at radius 3 is 2.55 bits per heavy atom. The molecule has 0 bridgehead atoms. The molecule has 0 amide bonds. The van der Waals surface area contributed by atoms with Crippen molar-refractivity contribution in [3.8, 4) is 12.3 Å². The summed E-state index contributed by atoms with van der Waals surface area (Å²) in [6.45, 7) is 2.25. The van der Waals surface area contributed by atoms with E-state index in [1.807, 2.05) is 6.07 Å². The van der Waals surface area contributed by atoms with Gasteiger partial charge >= 0.3 is 0 Å². The summed E-state index contributed by atoms with van der Waals surface area (Å²) in [5.74, 6) is 2.71. The topological polar surface area (TPSA) is 0 Å². The van der Waals surface area contributed by atoms with Gasteiger partial charge in [0.05, 0.1) is 8.80 Å². The van der Waals surface area contributed by atoms with Gasteiger partial charge in [-0.3, -0.25) is 0 Å². The average molecular weight is 159 g/mol. The van der Waals surface area contributed by atoms with E-state index in [0.29, 0.717) is 0 Å². The molecule has 11 heavy (non-hydrogen) atoms. The fourth-order valence-electron chi connectivity index (χ4n) is 0.978. The zero-order valence-electron chi connectivity index (χ0n) is 6.67. The summed E-state index contributed by atoms with van der Waals surface area (Å²) < 4.78 is 0. The molecule has 55 valence electrons. The Labute approximate surface area is 69.9 Å². The van der Waals surface area contributed by atoms with E-state index in [9.17, 15) is 0 Å². The van der Waals surface area contributed by atoms with Gasteiger partial charge in [-0.25, -0.2) is 0 Å². The van der Waals surface area contributed by atoms with Gasteiger partial charge in [-0.2, -0.15) is 0 Å². The Bertz CT molecular complexity index is 245. The number of hydrogen-bond donors (Lipinski definition) is 0. The highest BCUT2D eigenvalue weighted by Gasteiger charge is 2.03. The molecule has 0 spiro atoms. The van der Waals surface area contributed by atoms with Crippen LogP contribution in [0.4, 0.5) is 0 Å². The van der Waals surface area contributed by atoms with Crippen LogP contribution in [0.3, 0.4) is 0 Å². The summed E-state index contributed by atoms with van der Waals surface area (Å²) >= 11 is 0. The second kappa shape index (κ2) is 4.00. The smallest absolute Gasteiger partial charge is 0.0952 e. The van der Waals surface area contributed by atoms with Gasteiger partial charge in [0.25, 0.3) is 0 Å². The van der Waals surface area contributed by atoms with Crippen LogP contribution in [-0.2, 0) is 0 Å². The van der Waals surface area contributed by atoms with Gasteiger partial charge in [0.1, 0.15) is 0 Å². The van der Waals surface area contributed by atoms with Crippen molar-refractivity contribution in [2.24, 2.45) is 0 Å². The van der Waals surface area contributed by atoms with Gasteiger partial charge in [0.2, 0.25) is 0 Å². The third-order valence-corrected chi connectivity index (χ3v) is 3.69. The lowest BCUT2D eigenvalue weighted by atomic mass is 10.4. The SMILES string of the molecule is C#CC[Si](C)c1ccccc1. The number of benzene rings is 1. The number of rotatable bonds is 2. The molecule has 0 saturated carbocycles. The lowest BCUT2D eigenvalue weighted by Gasteiger charge is -2.03. The average Bonchev–Trinajstić information content (AvgIpc) is 2.07. The molecule has 0 atom stereocenters. The van der Waals surface area contributed by atoms with Crippen molar-refractivity contribution in [3.63, 3.8) is 0 Å². The second-order valence-electron chi connectivity index (χ2n) is 2.53. The van der Waals surface area contributed by atoms with Crippen molar-refractivity contribution in [2.75, 3.05) is 0 Å². The molecule has 1 aromatic carbocycles. The Balaban J connectivity index is 2.70. The third-order valence-electron chi connectivity index (χ3n) is 1.63. The Morgan fingerprint density at radius 2 is 2.00 bits per heavy atom. The van der Waals surface area contributed by atoms with E-state index in [0.717, 1.165) is 6.04 Å². The number of hydrogen-bond acceptors (Lipinski definition) is 0. The summed E-state index contributed by atoms with van der Waals surface area (Å²) in [5, 5.41) is 1.43. The van der Waals surface area contributed by atoms with E-state index < -0.39 is 8.80 Å². The zero-order chi connectivity index (χ0) is 8.10. The Morgan fingerprint density at radius 1 is 1.36 bits per heavy atom. The molecule has 0 aromatic heterocycles. The first kappa shape index (κ1) is 8.10. The van der Waals surface area contributed by atoms with Crippen LogP contribution in [0.2, 0.25) is 12.6 Å². The lowest BCUT2D eigenvalue weighted by molar-refractivity contribution is 1.69. The van der Waals surface area contributed by atoms with E-state index in [2.05, 4.69) is 36.7 Å². The predicted molar refractivity (Wildman–Crippen MR) is 51.3 cm³/mol. The van der Waals surface area contributed by atoms with Crippen molar-refractivity contribution < 1.29 is 0 Å². The molecule has 0 saturated heterocycles. The minimum absolute atomic E-state index is 0.454. The molecule has 0 fully saturated rings. The number of terminal acetylenes is 1. The Hall–Kier alpha value is -1.00. The highest BCUT2D eigenvalue weighted by Crippen LogP contribution is 1.92. The standard InChI is InChI=1S/C10H11Si/c1-3-9-11(2)10-7-5-4-6-8-10/h1,4-8H,9H2,2H3.